The Morgan fingerprint density at radius 2 is 0.818 bits per heavy atom. The maximum Gasteiger partial charge on any atom is 5.00 e. The molecule has 12 nitrogen and oxygen atoms in total. The summed E-state index contributed by atoms with van der Waals surface area (Å²) in [6.07, 6.45) is 8.05. The van der Waals surface area contributed by atoms with E-state index >= 15 is 0 Å². The zero-order chi connectivity index (χ0) is 31.0. The van der Waals surface area contributed by atoms with Crippen molar-refractivity contribution in [2.45, 2.75) is 0 Å². The number of aliphatic hydroxyl groups excluding tert-OH is 4. The Morgan fingerprint density at radius 1 is 0.523 bits per heavy atom. The fourth-order valence-electron chi connectivity index (χ4n) is 3.29. The van der Waals surface area contributed by atoms with Crippen LogP contribution in [0.5, 0.6) is 0 Å². The van der Waals surface area contributed by atoms with Crippen LogP contribution in [0.15, 0.2) is 78.9 Å². The number of hydrogen-bond donors (Lipinski definition) is 6. The molecule has 0 unspecified atom stereocenters. The van der Waals surface area contributed by atoms with Gasteiger partial charge < -0.3 is 49.6 Å². The van der Waals surface area contributed by atoms with Gasteiger partial charge in [0.15, 0.2) is 0 Å². The van der Waals surface area contributed by atoms with Gasteiger partial charge in [0.2, 0.25) is 0 Å². The van der Waals surface area contributed by atoms with E-state index in [0.29, 0.717) is 25.9 Å². The number of aromatic nitrogens is 4. The molecule has 0 aliphatic carbocycles. The summed E-state index contributed by atoms with van der Waals surface area (Å²) in [7, 11) is 0. The summed E-state index contributed by atoms with van der Waals surface area (Å²) in [6.45, 7) is 2.00. The van der Waals surface area contributed by atoms with Gasteiger partial charge in [-0.1, -0.05) is 25.9 Å². The number of H-pyrrole nitrogens is 2. The van der Waals surface area contributed by atoms with E-state index in [-0.39, 0.29) is 34.1 Å². The molecular weight excluding hydrogens is 664 g/mol. The van der Waals surface area contributed by atoms with E-state index in [4.69, 9.17) is 39.6 Å². The molecule has 6 N–H and O–H groups in total. The maximum absolute atomic E-state index is 8.24. The van der Waals surface area contributed by atoms with Gasteiger partial charge in [-0.25, -0.2) is 9.97 Å². The van der Waals surface area contributed by atoms with Crippen LogP contribution in [0.25, 0.3) is 46.4 Å². The van der Waals surface area contributed by atoms with Gasteiger partial charge in [-0.3, -0.25) is 0 Å². The van der Waals surface area contributed by atoms with E-state index in [2.05, 4.69) is 56.3 Å². The van der Waals surface area contributed by atoms with E-state index in [1.165, 1.54) is 0 Å². The Morgan fingerprint density at radius 3 is 1.09 bits per heavy atom. The maximum atomic E-state index is 8.24. The van der Waals surface area contributed by atoms with Gasteiger partial charge in [-0.2, -0.15) is 36.4 Å². The smallest absolute Gasteiger partial charge is 0.665 e. The van der Waals surface area contributed by atoms with Gasteiger partial charge in [0, 0.05) is 39.1 Å². The van der Waals surface area contributed by atoms with Crippen LogP contribution in [0.1, 0.15) is 22.8 Å². The Labute approximate surface area is 272 Å². The molecule has 0 atom stereocenters. The molecule has 8 bridgehead atoms. The molecule has 6 rings (SSSR count). The summed E-state index contributed by atoms with van der Waals surface area (Å²) in [5.41, 5.74) is 7.86. The topological polar surface area (TPSA) is 207 Å². The number of aromatic amines is 2. The molecule has 0 spiro atoms. The average molecular weight is 687 g/mol. The predicted molar refractivity (Wildman–Crippen MR) is 157 cm³/mol. The van der Waals surface area contributed by atoms with Crippen molar-refractivity contribution in [2.75, 3.05) is 0 Å². The summed E-state index contributed by atoms with van der Waals surface area (Å²) in [5, 5.41) is 27.1. The third-order valence-corrected chi connectivity index (χ3v) is 4.65. The predicted octanol–water partition coefficient (Wildman–Crippen LogP) is 4.58. The number of nitrogens with one attached hydrogen (secondary N) is 2. The molecule has 4 aromatic rings. The average Bonchev–Trinajstić information content (AvgIpc) is 3.79. The minimum absolute atomic E-state index is 0. The van der Waals surface area contributed by atoms with E-state index < -0.39 is 0 Å². The first kappa shape index (κ1) is 40.9. The first-order valence-corrected chi connectivity index (χ1v) is 11.5. The molecule has 0 amide bonds. The largest absolute Gasteiger partial charge is 5.00 e. The molecular formula is C30H23CuFeN4O8. The van der Waals surface area contributed by atoms with Crippen LogP contribution < -0.4 is 0 Å². The van der Waals surface area contributed by atoms with Crippen molar-refractivity contribution in [1.29, 1.82) is 0 Å². The van der Waals surface area contributed by atoms with Gasteiger partial charge >= 0.3 is 17.1 Å². The first-order valence-electron chi connectivity index (χ1n) is 11.5. The number of nitrogens with zero attached hydrogens (tertiary/aromatic N) is 2. The second-order valence-corrected chi connectivity index (χ2v) is 7.35. The first-order chi connectivity index (χ1) is 20.5. The zero-order valence-corrected chi connectivity index (χ0v) is 24.3. The van der Waals surface area contributed by atoms with E-state index in [1.54, 1.807) is 0 Å². The third kappa shape index (κ3) is 16.9. The molecule has 230 valence electrons. The molecule has 0 fully saturated rings. The number of hydrogen-bond acceptors (Lipinski definition) is 6. The van der Waals surface area contributed by atoms with E-state index in [0.717, 1.165) is 44.8 Å². The summed E-state index contributed by atoms with van der Waals surface area (Å²) in [4.78, 5) is 49.0. The standard InChI is InChI=1S/C20H14N4.C6H5.4CHO2.Cu.Fe/c1-2-14-10-16-5-6-18(23-16)12-20-8-7-19(24-20)11-17-4-3-15(22-17)9-13(1)21-14;1-2-4-6-5-3-1;4*2-1-3;;/h1-12,21-22H;1-5H;4*(H,2,3);;/q;5*-1;;+5. The summed E-state index contributed by atoms with van der Waals surface area (Å²) >= 11 is 0. The fourth-order valence-corrected chi connectivity index (χ4v) is 3.29. The van der Waals surface area contributed by atoms with Crippen LogP contribution in [0.4, 0.5) is 0 Å². The molecule has 14 heteroatoms. The van der Waals surface area contributed by atoms with Gasteiger partial charge in [-0.15, -0.1) is 0 Å². The van der Waals surface area contributed by atoms with Gasteiger partial charge in [-0.05, 0) is 72.8 Å². The minimum Gasteiger partial charge on any atom is -0.665 e. The SMILES string of the molecule is C1=Cc2cc3ccc(cc4ccc(cc5nc(cc1n2)C=C5)[nH]4)[nH]3.O=[C-]O.O=[C-]O.O=[C-]O.O=[C-]O.[Cu].[Fe+5].[c-]1ccccc1. The van der Waals surface area contributed by atoms with Gasteiger partial charge in [0.1, 0.15) is 0 Å². The summed E-state index contributed by atoms with van der Waals surface area (Å²) < 4.78 is 0. The van der Waals surface area contributed by atoms with Crippen LogP contribution in [0.2, 0.25) is 0 Å². The van der Waals surface area contributed by atoms with Crippen LogP contribution in [0.3, 0.4) is 0 Å². The molecule has 2 aliphatic rings. The third-order valence-electron chi connectivity index (χ3n) is 4.65. The van der Waals surface area contributed by atoms with Crippen molar-refractivity contribution in [3.05, 3.63) is 108 Å². The second-order valence-electron chi connectivity index (χ2n) is 7.35. The fraction of sp³-hybridized carbons (Fsp3) is 0. The molecule has 5 heterocycles. The quantitative estimate of drug-likeness (QED) is 0.0968. The Hall–Kier alpha value is -5.26. The Bertz CT molecular complexity index is 1480. The van der Waals surface area contributed by atoms with Crippen molar-refractivity contribution < 1.29 is 73.7 Å². The summed E-state index contributed by atoms with van der Waals surface area (Å²) in [6, 6.07) is 28.9. The second kappa shape index (κ2) is 25.4. The monoisotopic (exact) mass is 686 g/mol. The van der Waals surface area contributed by atoms with E-state index in [9.17, 15) is 0 Å². The number of fused-ring (bicyclic) bond motifs is 8. The van der Waals surface area contributed by atoms with Crippen LogP contribution in [0, 0.1) is 6.07 Å². The molecule has 0 saturated heterocycles. The summed E-state index contributed by atoms with van der Waals surface area (Å²) in [5.74, 6) is 0. The van der Waals surface area contributed by atoms with Crippen LogP contribution in [-0.2, 0) is 53.3 Å². The molecule has 3 aromatic heterocycles. The molecule has 2 radical (unpaired) electrons. The van der Waals surface area contributed by atoms with Crippen LogP contribution >= 0.6 is 0 Å². The van der Waals surface area contributed by atoms with Gasteiger partial charge in [0.25, 0.3) is 0 Å². The van der Waals surface area contributed by atoms with Crippen molar-refractivity contribution in [2.24, 2.45) is 0 Å². The van der Waals surface area contributed by atoms with Gasteiger partial charge in [0.05, 0.1) is 22.8 Å². The molecule has 0 saturated carbocycles. The van der Waals surface area contributed by atoms with Crippen molar-refractivity contribution in [1.82, 2.24) is 19.9 Å². The zero-order valence-electron chi connectivity index (χ0n) is 22.3. The molecule has 44 heavy (non-hydrogen) atoms. The van der Waals surface area contributed by atoms with E-state index in [1.807, 2.05) is 72.8 Å². The normalized spacial score (nSPS) is 9.09. The Balaban J connectivity index is 0. The van der Waals surface area contributed by atoms with Crippen LogP contribution in [-0.4, -0.2) is 66.3 Å². The number of rotatable bonds is 0. The molecule has 1 aromatic carbocycles. The van der Waals surface area contributed by atoms with Crippen molar-refractivity contribution in [3.8, 4) is 0 Å². The Kier molecular flexibility index (Phi) is 23.6. The van der Waals surface area contributed by atoms with Crippen molar-refractivity contribution in [3.63, 3.8) is 0 Å². The number of benzene rings is 1. The van der Waals surface area contributed by atoms with Crippen molar-refractivity contribution >= 4 is 72.3 Å². The molecule has 2 aliphatic heterocycles. The minimum atomic E-state index is 0.